The maximum absolute atomic E-state index is 12.7. The lowest BCUT2D eigenvalue weighted by atomic mass is 10.3. The van der Waals surface area contributed by atoms with Crippen molar-refractivity contribution in [3.05, 3.63) is 76.9 Å². The molecule has 0 fully saturated rings. The SMILES string of the molecule is O=C(CCSc1ccccc1)N(CCc1cccs1)Cc1ccco1. The van der Waals surface area contributed by atoms with Crippen LogP contribution in [0.5, 0.6) is 0 Å². The average Bonchev–Trinajstić information content (AvgIpc) is 3.33. The number of carbonyl (C=O) groups is 1. The van der Waals surface area contributed by atoms with E-state index in [-0.39, 0.29) is 5.91 Å². The largest absolute Gasteiger partial charge is 0.467 e. The van der Waals surface area contributed by atoms with Gasteiger partial charge in [0, 0.05) is 28.5 Å². The second kappa shape index (κ2) is 9.49. The zero-order valence-corrected chi connectivity index (χ0v) is 15.6. The lowest BCUT2D eigenvalue weighted by Crippen LogP contribution is -2.32. The topological polar surface area (TPSA) is 33.5 Å². The molecule has 0 N–H and O–H groups in total. The summed E-state index contributed by atoms with van der Waals surface area (Å²) in [6.07, 6.45) is 3.07. The van der Waals surface area contributed by atoms with E-state index in [2.05, 4.69) is 29.6 Å². The monoisotopic (exact) mass is 371 g/mol. The van der Waals surface area contributed by atoms with Gasteiger partial charge in [-0.1, -0.05) is 24.3 Å². The van der Waals surface area contributed by atoms with E-state index in [4.69, 9.17) is 4.42 Å². The van der Waals surface area contributed by atoms with E-state index in [9.17, 15) is 4.79 Å². The highest BCUT2D eigenvalue weighted by atomic mass is 32.2. The Kier molecular flexibility index (Phi) is 6.77. The zero-order chi connectivity index (χ0) is 17.3. The third-order valence-corrected chi connectivity index (χ3v) is 5.77. The second-order valence-electron chi connectivity index (χ2n) is 5.64. The third-order valence-electron chi connectivity index (χ3n) is 3.82. The number of nitrogens with zero attached hydrogens (tertiary/aromatic N) is 1. The van der Waals surface area contributed by atoms with E-state index in [1.807, 2.05) is 35.2 Å². The molecule has 0 saturated carbocycles. The van der Waals surface area contributed by atoms with Crippen LogP contribution in [-0.4, -0.2) is 23.1 Å². The van der Waals surface area contributed by atoms with Crippen molar-refractivity contribution < 1.29 is 9.21 Å². The first-order chi connectivity index (χ1) is 12.3. The van der Waals surface area contributed by atoms with Gasteiger partial charge in [-0.25, -0.2) is 0 Å². The van der Waals surface area contributed by atoms with E-state index >= 15 is 0 Å². The number of hydrogen-bond acceptors (Lipinski definition) is 4. The maximum atomic E-state index is 12.7. The Bertz CT molecular complexity index is 739. The van der Waals surface area contributed by atoms with E-state index in [0.29, 0.717) is 13.0 Å². The number of thioether (sulfide) groups is 1. The van der Waals surface area contributed by atoms with Crippen LogP contribution in [0.2, 0.25) is 0 Å². The highest BCUT2D eigenvalue weighted by Crippen LogP contribution is 2.19. The fourth-order valence-corrected chi connectivity index (χ4v) is 4.07. The first kappa shape index (κ1) is 17.8. The smallest absolute Gasteiger partial charge is 0.223 e. The lowest BCUT2D eigenvalue weighted by molar-refractivity contribution is -0.131. The number of hydrogen-bond donors (Lipinski definition) is 0. The molecule has 0 atom stereocenters. The molecule has 0 aliphatic rings. The van der Waals surface area contributed by atoms with E-state index in [0.717, 1.165) is 24.5 Å². The van der Waals surface area contributed by atoms with Gasteiger partial charge in [0.1, 0.15) is 5.76 Å². The molecule has 1 aromatic carbocycles. The maximum Gasteiger partial charge on any atom is 0.223 e. The molecule has 0 spiro atoms. The summed E-state index contributed by atoms with van der Waals surface area (Å²) in [5, 5.41) is 2.07. The van der Waals surface area contributed by atoms with Gasteiger partial charge in [-0.05, 0) is 42.1 Å². The summed E-state index contributed by atoms with van der Waals surface area (Å²) in [6.45, 7) is 1.25. The minimum absolute atomic E-state index is 0.177. The van der Waals surface area contributed by atoms with Gasteiger partial charge in [-0.15, -0.1) is 23.1 Å². The molecule has 0 aliphatic carbocycles. The quantitative estimate of drug-likeness (QED) is 0.491. The van der Waals surface area contributed by atoms with Gasteiger partial charge in [0.2, 0.25) is 5.91 Å². The van der Waals surface area contributed by atoms with Crippen LogP contribution in [0.1, 0.15) is 17.1 Å². The minimum Gasteiger partial charge on any atom is -0.467 e. The molecular formula is C20H21NO2S2. The van der Waals surface area contributed by atoms with Crippen molar-refractivity contribution in [1.29, 1.82) is 0 Å². The molecule has 3 nitrogen and oxygen atoms in total. The first-order valence-corrected chi connectivity index (χ1v) is 10.2. The fraction of sp³-hybridized carbons (Fsp3) is 0.250. The van der Waals surface area contributed by atoms with Gasteiger partial charge in [0.25, 0.3) is 0 Å². The first-order valence-electron chi connectivity index (χ1n) is 8.31. The summed E-state index contributed by atoms with van der Waals surface area (Å²) in [6, 6.07) is 18.2. The molecule has 3 aromatic rings. The van der Waals surface area contributed by atoms with Crippen molar-refractivity contribution in [1.82, 2.24) is 4.90 Å². The normalized spacial score (nSPS) is 10.7. The van der Waals surface area contributed by atoms with Crippen LogP contribution in [-0.2, 0) is 17.8 Å². The van der Waals surface area contributed by atoms with E-state index in [1.54, 1.807) is 29.4 Å². The van der Waals surface area contributed by atoms with Gasteiger partial charge < -0.3 is 9.32 Å². The van der Waals surface area contributed by atoms with Crippen LogP contribution in [0.4, 0.5) is 0 Å². The third kappa shape index (κ3) is 5.80. The Labute approximate surface area is 156 Å². The Morgan fingerprint density at radius 1 is 1.08 bits per heavy atom. The van der Waals surface area contributed by atoms with Crippen molar-refractivity contribution in [3.8, 4) is 0 Å². The average molecular weight is 372 g/mol. The molecule has 2 aromatic heterocycles. The van der Waals surface area contributed by atoms with Crippen LogP contribution in [0.15, 0.2) is 75.6 Å². The fourth-order valence-electron chi connectivity index (χ4n) is 2.51. The summed E-state index contributed by atoms with van der Waals surface area (Å²) in [7, 11) is 0. The highest BCUT2D eigenvalue weighted by Gasteiger charge is 2.15. The van der Waals surface area contributed by atoms with Gasteiger partial charge in [0.15, 0.2) is 0 Å². The van der Waals surface area contributed by atoms with Crippen LogP contribution in [0, 0.1) is 0 Å². The number of benzene rings is 1. The molecular weight excluding hydrogens is 350 g/mol. The molecule has 25 heavy (non-hydrogen) atoms. The minimum atomic E-state index is 0.177. The molecule has 1 amide bonds. The lowest BCUT2D eigenvalue weighted by Gasteiger charge is -2.21. The summed E-state index contributed by atoms with van der Waals surface area (Å²) < 4.78 is 5.43. The van der Waals surface area contributed by atoms with Gasteiger partial charge in [-0.3, -0.25) is 4.79 Å². The molecule has 0 radical (unpaired) electrons. The molecule has 0 aliphatic heterocycles. The molecule has 0 unspecified atom stereocenters. The molecule has 0 bridgehead atoms. The second-order valence-corrected chi connectivity index (χ2v) is 7.84. The van der Waals surface area contributed by atoms with Gasteiger partial charge in [0.05, 0.1) is 12.8 Å². The number of thiophene rings is 1. The van der Waals surface area contributed by atoms with Crippen molar-refractivity contribution >= 4 is 29.0 Å². The van der Waals surface area contributed by atoms with Crippen molar-refractivity contribution in [3.63, 3.8) is 0 Å². The Morgan fingerprint density at radius 3 is 2.68 bits per heavy atom. The predicted molar refractivity (Wildman–Crippen MR) is 104 cm³/mol. The molecule has 2 heterocycles. The van der Waals surface area contributed by atoms with Gasteiger partial charge >= 0.3 is 0 Å². The summed E-state index contributed by atoms with van der Waals surface area (Å²) >= 11 is 3.46. The summed E-state index contributed by atoms with van der Waals surface area (Å²) in [5.74, 6) is 1.79. The van der Waals surface area contributed by atoms with Crippen LogP contribution < -0.4 is 0 Å². The van der Waals surface area contributed by atoms with Crippen molar-refractivity contribution in [2.75, 3.05) is 12.3 Å². The molecule has 130 valence electrons. The highest BCUT2D eigenvalue weighted by molar-refractivity contribution is 7.99. The van der Waals surface area contributed by atoms with Crippen LogP contribution >= 0.6 is 23.1 Å². The molecule has 5 heteroatoms. The molecule has 3 rings (SSSR count). The Morgan fingerprint density at radius 2 is 1.96 bits per heavy atom. The van der Waals surface area contributed by atoms with Crippen LogP contribution in [0.3, 0.4) is 0 Å². The number of carbonyl (C=O) groups excluding carboxylic acids is 1. The van der Waals surface area contributed by atoms with Crippen LogP contribution in [0.25, 0.3) is 0 Å². The zero-order valence-electron chi connectivity index (χ0n) is 14.0. The number of furan rings is 1. The van der Waals surface area contributed by atoms with Crippen molar-refractivity contribution in [2.24, 2.45) is 0 Å². The Balaban J connectivity index is 1.54. The van der Waals surface area contributed by atoms with E-state index in [1.165, 1.54) is 9.77 Å². The summed E-state index contributed by atoms with van der Waals surface area (Å²) in [4.78, 5) is 17.1. The Hall–Kier alpha value is -1.98. The molecule has 0 saturated heterocycles. The van der Waals surface area contributed by atoms with Gasteiger partial charge in [-0.2, -0.15) is 0 Å². The van der Waals surface area contributed by atoms with E-state index < -0.39 is 0 Å². The predicted octanol–water partition coefficient (Wildman–Crippen LogP) is 5.09. The number of amides is 1. The standard InChI is InChI=1S/C20H21NO2S2/c22-20(11-15-25-18-7-2-1-3-8-18)21(16-17-6-4-13-23-17)12-10-19-9-5-14-24-19/h1-9,13-14H,10-12,15-16H2. The van der Waals surface area contributed by atoms with Crippen molar-refractivity contribution in [2.45, 2.75) is 24.3 Å². The summed E-state index contributed by atoms with van der Waals surface area (Å²) in [5.41, 5.74) is 0. The number of rotatable bonds is 9.